The predicted octanol–water partition coefficient (Wildman–Crippen LogP) is 2.64. The van der Waals surface area contributed by atoms with E-state index in [-0.39, 0.29) is 36.0 Å². The highest BCUT2D eigenvalue weighted by molar-refractivity contribution is 9.11. The fourth-order valence-electron chi connectivity index (χ4n) is 2.71. The van der Waals surface area contributed by atoms with Crippen LogP contribution in [0.4, 0.5) is 0 Å². The number of imide groups is 1. The molecule has 1 saturated heterocycles. The molecule has 4 nitrogen and oxygen atoms in total. The Labute approximate surface area is 128 Å². The topological polar surface area (TPSA) is 54.5 Å². The molecule has 1 fully saturated rings. The number of ketones is 1. The van der Waals surface area contributed by atoms with Crippen molar-refractivity contribution in [3.05, 3.63) is 32.9 Å². The second-order valence-electron chi connectivity index (χ2n) is 4.95. The van der Waals surface area contributed by atoms with Gasteiger partial charge in [0.2, 0.25) is 11.8 Å². The van der Waals surface area contributed by atoms with Crippen molar-refractivity contribution >= 4 is 44.9 Å². The lowest BCUT2D eigenvalue weighted by Gasteiger charge is -2.14. The minimum absolute atomic E-state index is 0.141. The number of likely N-dealkylation sites (tertiary alicyclic amines) is 1. The van der Waals surface area contributed by atoms with Gasteiger partial charge in [-0.2, -0.15) is 0 Å². The van der Waals surface area contributed by atoms with Crippen molar-refractivity contribution < 1.29 is 14.4 Å². The van der Waals surface area contributed by atoms with Gasteiger partial charge in [0, 0.05) is 0 Å². The molecule has 2 atom stereocenters. The third-order valence-corrected chi connectivity index (χ3v) is 5.41. The monoisotopic (exact) mass is 353 g/mol. The maximum Gasteiger partial charge on any atom is 0.233 e. The number of nitrogens with zero attached hydrogens (tertiary/aromatic N) is 1. The largest absolute Gasteiger partial charge is 0.291 e. The third-order valence-electron chi connectivity index (χ3n) is 3.75. The molecule has 1 aromatic heterocycles. The van der Waals surface area contributed by atoms with Crippen LogP contribution in [-0.2, 0) is 9.59 Å². The highest BCUT2D eigenvalue weighted by Gasteiger charge is 2.47. The molecule has 2 aliphatic rings. The number of Topliss-reactive ketones (excluding diaryl/α,β-unsaturated/α-hetero) is 1. The van der Waals surface area contributed by atoms with E-state index in [0.717, 1.165) is 8.69 Å². The van der Waals surface area contributed by atoms with Crippen molar-refractivity contribution in [2.75, 3.05) is 6.54 Å². The van der Waals surface area contributed by atoms with E-state index in [2.05, 4.69) is 15.9 Å². The van der Waals surface area contributed by atoms with E-state index < -0.39 is 0 Å². The molecule has 0 N–H and O–H groups in total. The Morgan fingerprint density at radius 3 is 2.30 bits per heavy atom. The molecule has 104 valence electrons. The second-order valence-corrected chi connectivity index (χ2v) is 7.41. The summed E-state index contributed by atoms with van der Waals surface area (Å²) in [6.07, 6.45) is 5.08. The van der Waals surface area contributed by atoms with Crippen LogP contribution in [-0.4, -0.2) is 29.0 Å². The molecule has 1 aliphatic carbocycles. The molecule has 0 bridgehead atoms. The number of hydrogen-bond acceptors (Lipinski definition) is 4. The summed E-state index contributed by atoms with van der Waals surface area (Å²) in [5, 5.41) is 0. The number of rotatable bonds is 3. The molecule has 0 spiro atoms. The van der Waals surface area contributed by atoms with Crippen molar-refractivity contribution in [3.63, 3.8) is 0 Å². The Balaban J connectivity index is 1.76. The van der Waals surface area contributed by atoms with Gasteiger partial charge in [-0.05, 0) is 40.9 Å². The van der Waals surface area contributed by atoms with E-state index in [1.165, 1.54) is 11.3 Å². The molecule has 20 heavy (non-hydrogen) atoms. The summed E-state index contributed by atoms with van der Waals surface area (Å²) in [5.74, 6) is -1.12. The molecular formula is C14H12BrNO3S. The van der Waals surface area contributed by atoms with Crippen LogP contribution in [0.15, 0.2) is 28.1 Å². The molecule has 0 aromatic carbocycles. The highest BCUT2D eigenvalue weighted by Crippen LogP contribution is 2.35. The quantitative estimate of drug-likeness (QED) is 0.476. The van der Waals surface area contributed by atoms with Gasteiger partial charge in [0.1, 0.15) is 0 Å². The average molecular weight is 354 g/mol. The van der Waals surface area contributed by atoms with Gasteiger partial charge < -0.3 is 0 Å². The third kappa shape index (κ3) is 2.27. The van der Waals surface area contributed by atoms with Crippen molar-refractivity contribution in [3.8, 4) is 0 Å². The molecule has 0 unspecified atom stereocenters. The zero-order valence-electron chi connectivity index (χ0n) is 10.5. The summed E-state index contributed by atoms with van der Waals surface area (Å²) < 4.78 is 0.859. The lowest BCUT2D eigenvalue weighted by molar-refractivity contribution is -0.139. The SMILES string of the molecule is O=C(CN1C(=O)[C@H]2CC=CC[C@H]2C1=O)c1ccc(Br)s1. The number of allylic oxidation sites excluding steroid dienone is 2. The Morgan fingerprint density at radius 1 is 1.20 bits per heavy atom. The van der Waals surface area contributed by atoms with Gasteiger partial charge in [-0.25, -0.2) is 0 Å². The van der Waals surface area contributed by atoms with E-state index in [1.54, 1.807) is 12.1 Å². The van der Waals surface area contributed by atoms with Crippen molar-refractivity contribution in [1.29, 1.82) is 0 Å². The number of halogens is 1. The van der Waals surface area contributed by atoms with Crippen LogP contribution < -0.4 is 0 Å². The van der Waals surface area contributed by atoms with Crippen LogP contribution in [0, 0.1) is 11.8 Å². The Hall–Kier alpha value is -1.27. The molecule has 1 aromatic rings. The predicted molar refractivity (Wildman–Crippen MR) is 78.4 cm³/mol. The number of hydrogen-bond donors (Lipinski definition) is 0. The van der Waals surface area contributed by atoms with Crippen molar-refractivity contribution in [2.24, 2.45) is 11.8 Å². The van der Waals surface area contributed by atoms with Crippen LogP contribution in [0.2, 0.25) is 0 Å². The summed E-state index contributed by atoms with van der Waals surface area (Å²) in [5.41, 5.74) is 0. The standard InChI is InChI=1S/C14H12BrNO3S/c15-12-6-5-11(20-12)10(17)7-16-13(18)8-3-1-2-4-9(8)14(16)19/h1-2,5-6,8-9H,3-4,7H2/t8-,9+. The first-order chi connectivity index (χ1) is 9.58. The number of amides is 2. The van der Waals surface area contributed by atoms with Gasteiger partial charge in [0.15, 0.2) is 5.78 Å². The van der Waals surface area contributed by atoms with Gasteiger partial charge in [0.05, 0.1) is 27.0 Å². The minimum Gasteiger partial charge on any atom is -0.291 e. The van der Waals surface area contributed by atoms with Gasteiger partial charge in [-0.15, -0.1) is 11.3 Å². The van der Waals surface area contributed by atoms with E-state index >= 15 is 0 Å². The fraction of sp³-hybridized carbons (Fsp3) is 0.357. The average Bonchev–Trinajstić information content (AvgIpc) is 2.98. The zero-order chi connectivity index (χ0) is 14.3. The summed E-state index contributed by atoms with van der Waals surface area (Å²) in [6.45, 7) is -0.141. The van der Waals surface area contributed by atoms with Crippen LogP contribution in [0.25, 0.3) is 0 Å². The number of fused-ring (bicyclic) bond motifs is 1. The van der Waals surface area contributed by atoms with Crippen molar-refractivity contribution in [2.45, 2.75) is 12.8 Å². The first-order valence-electron chi connectivity index (χ1n) is 6.36. The van der Waals surface area contributed by atoms with Crippen molar-refractivity contribution in [1.82, 2.24) is 4.90 Å². The van der Waals surface area contributed by atoms with Gasteiger partial charge >= 0.3 is 0 Å². The van der Waals surface area contributed by atoms with Crippen LogP contribution >= 0.6 is 27.3 Å². The Morgan fingerprint density at radius 2 is 1.80 bits per heavy atom. The maximum absolute atomic E-state index is 12.2. The second kappa shape index (κ2) is 5.26. The molecule has 0 radical (unpaired) electrons. The van der Waals surface area contributed by atoms with Crippen LogP contribution in [0.5, 0.6) is 0 Å². The molecule has 2 heterocycles. The summed E-state index contributed by atoms with van der Waals surface area (Å²) >= 11 is 4.61. The van der Waals surface area contributed by atoms with Gasteiger partial charge in [-0.3, -0.25) is 19.3 Å². The molecule has 2 amide bonds. The molecule has 6 heteroatoms. The minimum atomic E-state index is -0.268. The first-order valence-corrected chi connectivity index (χ1v) is 7.97. The Kier molecular flexibility index (Phi) is 3.60. The summed E-state index contributed by atoms with van der Waals surface area (Å²) in [4.78, 5) is 38.3. The number of carbonyl (C=O) groups is 3. The van der Waals surface area contributed by atoms with Crippen LogP contribution in [0.3, 0.4) is 0 Å². The fourth-order valence-corrected chi connectivity index (χ4v) is 4.03. The maximum atomic E-state index is 12.2. The molecular weight excluding hydrogens is 342 g/mol. The van der Waals surface area contributed by atoms with E-state index in [4.69, 9.17) is 0 Å². The summed E-state index contributed by atoms with van der Waals surface area (Å²) in [7, 11) is 0. The van der Waals surface area contributed by atoms with E-state index in [0.29, 0.717) is 17.7 Å². The highest BCUT2D eigenvalue weighted by atomic mass is 79.9. The van der Waals surface area contributed by atoms with Gasteiger partial charge in [0.25, 0.3) is 0 Å². The first kappa shape index (κ1) is 13.7. The molecule has 3 rings (SSSR count). The zero-order valence-corrected chi connectivity index (χ0v) is 12.9. The summed E-state index contributed by atoms with van der Waals surface area (Å²) in [6, 6.07) is 3.49. The normalized spacial score (nSPS) is 25.1. The molecule has 0 saturated carbocycles. The number of carbonyl (C=O) groups excluding carboxylic acids is 3. The van der Waals surface area contributed by atoms with E-state index in [9.17, 15) is 14.4 Å². The Bertz CT molecular complexity index is 596. The number of thiophene rings is 1. The molecule has 1 aliphatic heterocycles. The van der Waals surface area contributed by atoms with E-state index in [1.807, 2.05) is 12.2 Å². The van der Waals surface area contributed by atoms with Crippen LogP contribution in [0.1, 0.15) is 22.5 Å². The lowest BCUT2D eigenvalue weighted by atomic mass is 9.85. The lowest BCUT2D eigenvalue weighted by Crippen LogP contribution is -2.35. The smallest absolute Gasteiger partial charge is 0.233 e. The van der Waals surface area contributed by atoms with Gasteiger partial charge in [-0.1, -0.05) is 12.2 Å².